The van der Waals surface area contributed by atoms with Crippen LogP contribution in [0.5, 0.6) is 11.5 Å². The van der Waals surface area contributed by atoms with Crippen molar-refractivity contribution in [1.82, 2.24) is 0 Å². The smallest absolute Gasteiger partial charge is 0.134 e. The Balaban J connectivity index is 0.962. The molecule has 2 aliphatic rings. The van der Waals surface area contributed by atoms with Crippen molar-refractivity contribution < 1.29 is 4.74 Å². The minimum Gasteiger partial charge on any atom is -0.457 e. The topological polar surface area (TPSA) is 12.5 Å². The van der Waals surface area contributed by atoms with Crippen molar-refractivity contribution in [2.75, 3.05) is 4.90 Å². The van der Waals surface area contributed by atoms with Crippen molar-refractivity contribution in [2.45, 2.75) is 24.7 Å². The van der Waals surface area contributed by atoms with Gasteiger partial charge in [-0.3, -0.25) is 0 Å². The van der Waals surface area contributed by atoms with Crippen molar-refractivity contribution in [2.24, 2.45) is 0 Å². The van der Waals surface area contributed by atoms with E-state index in [4.69, 9.17) is 4.74 Å². The number of hydrogen-bond acceptors (Lipinski definition) is 3. The Kier molecular flexibility index (Phi) is 9.00. The third-order valence-corrected chi connectivity index (χ3v) is 15.7. The van der Waals surface area contributed by atoms with E-state index < -0.39 is 5.41 Å². The first-order valence-corrected chi connectivity index (χ1v) is 24.0. The fourth-order valence-corrected chi connectivity index (χ4v) is 12.5. The summed E-state index contributed by atoms with van der Waals surface area (Å²) in [6, 6.07) is 86.6. The van der Waals surface area contributed by atoms with E-state index in [2.05, 4.69) is 255 Å². The molecule has 0 bridgehead atoms. The molecule has 2 nitrogen and oxygen atoms in total. The number of hydrogen-bond donors (Lipinski definition) is 0. The number of benzene rings is 10. The van der Waals surface area contributed by atoms with Gasteiger partial charge in [0.1, 0.15) is 11.5 Å². The first-order valence-electron chi connectivity index (χ1n) is 23.2. The second-order valence-corrected chi connectivity index (χ2v) is 19.5. The normalized spacial score (nSPS) is 13.9. The summed E-state index contributed by atoms with van der Waals surface area (Å²) in [5.74, 6) is 1.74. The Bertz CT molecular complexity index is 3630. The number of thiophene rings is 1. The van der Waals surface area contributed by atoms with Gasteiger partial charge in [-0.15, -0.1) is 11.3 Å². The van der Waals surface area contributed by atoms with E-state index in [1.165, 1.54) is 81.4 Å². The molecule has 13 rings (SSSR count). The summed E-state index contributed by atoms with van der Waals surface area (Å²) in [4.78, 5) is 2.37. The van der Waals surface area contributed by atoms with Crippen molar-refractivity contribution in [3.8, 4) is 44.9 Å². The fraction of sp³-hybridized carbons (Fsp3) is 0.0625. The van der Waals surface area contributed by atoms with Gasteiger partial charge in [-0.05, 0) is 98.1 Å². The minimum absolute atomic E-state index is 0.187. The highest BCUT2D eigenvalue weighted by Crippen LogP contribution is 2.62. The third kappa shape index (κ3) is 6.08. The average molecular weight is 876 g/mol. The SMILES string of the molecule is CC1(C)c2ccccc2C2(c3ccccc3Oc3cc(N(c4ccc(-c5ccc(-c6ccccc6)cc5)cc4)c4ccc(-c5cccc6c5sc5ccccc56)cc4)ccc32)c2ccccc21. The molecule has 318 valence electrons. The van der Waals surface area contributed by atoms with Gasteiger partial charge in [-0.25, -0.2) is 0 Å². The zero-order valence-electron chi connectivity index (χ0n) is 37.3. The van der Waals surface area contributed by atoms with Gasteiger partial charge in [0.15, 0.2) is 0 Å². The van der Waals surface area contributed by atoms with Crippen LogP contribution in [0.4, 0.5) is 17.1 Å². The average Bonchev–Trinajstić information content (AvgIpc) is 3.78. The molecule has 67 heavy (non-hydrogen) atoms. The third-order valence-electron chi connectivity index (χ3n) is 14.4. The van der Waals surface area contributed by atoms with Crippen LogP contribution in [0.25, 0.3) is 53.6 Å². The van der Waals surface area contributed by atoms with Gasteiger partial charge in [0.25, 0.3) is 0 Å². The van der Waals surface area contributed by atoms with Crippen LogP contribution in [0.2, 0.25) is 0 Å². The Morgan fingerprint density at radius 2 is 0.836 bits per heavy atom. The standard InChI is InChI=1S/C64H45NOS/c1-63(2)53-20-7-9-22-55(53)64(56-23-10-8-21-54(56)63)57-24-11-12-25-59(57)66-60-41-49(39-40-58(60)64)65(47-35-31-45(32-36-47)44-29-27-43(28-30-44)42-15-4-3-5-16-42)48-37-33-46(34-38-48)50-18-14-19-52-51-17-6-13-26-61(51)67-62(50)52/h3-41H,1-2H3. The Labute approximate surface area is 395 Å². The summed E-state index contributed by atoms with van der Waals surface area (Å²) < 4.78 is 9.71. The lowest BCUT2D eigenvalue weighted by Crippen LogP contribution is -2.43. The summed E-state index contributed by atoms with van der Waals surface area (Å²) >= 11 is 1.87. The van der Waals surface area contributed by atoms with Crippen molar-refractivity contribution >= 4 is 48.6 Å². The number of rotatable bonds is 6. The first-order chi connectivity index (χ1) is 33.0. The van der Waals surface area contributed by atoms with E-state index in [0.717, 1.165) is 34.1 Å². The van der Waals surface area contributed by atoms with Crippen LogP contribution >= 0.6 is 11.3 Å². The van der Waals surface area contributed by atoms with Gasteiger partial charge in [0.05, 0.1) is 5.41 Å². The van der Waals surface area contributed by atoms with Gasteiger partial charge in [-0.2, -0.15) is 0 Å². The first kappa shape index (κ1) is 39.4. The molecule has 0 fully saturated rings. The Hall–Kier alpha value is -7.98. The molecule has 0 atom stereocenters. The van der Waals surface area contributed by atoms with Crippen molar-refractivity contribution in [3.63, 3.8) is 0 Å². The lowest BCUT2D eigenvalue weighted by atomic mass is 9.53. The summed E-state index contributed by atoms with van der Waals surface area (Å²) in [6.07, 6.45) is 0. The van der Waals surface area contributed by atoms with Crippen molar-refractivity contribution in [3.05, 3.63) is 270 Å². The molecule has 0 N–H and O–H groups in total. The number of fused-ring (bicyclic) bond motifs is 11. The van der Waals surface area contributed by atoms with Crippen LogP contribution in [0, 0.1) is 0 Å². The van der Waals surface area contributed by atoms with E-state index in [-0.39, 0.29) is 5.41 Å². The second-order valence-electron chi connectivity index (χ2n) is 18.4. The van der Waals surface area contributed by atoms with Crippen molar-refractivity contribution in [1.29, 1.82) is 0 Å². The molecule has 0 saturated heterocycles. The molecular formula is C64H45NOS. The lowest BCUT2D eigenvalue weighted by molar-refractivity contribution is 0.425. The molecule has 1 aromatic heterocycles. The number of anilines is 3. The quantitative estimate of drug-likeness (QED) is 0.165. The monoisotopic (exact) mass is 875 g/mol. The van der Waals surface area contributed by atoms with E-state index in [1.54, 1.807) is 0 Å². The maximum atomic E-state index is 7.09. The molecule has 1 spiro atoms. The molecule has 1 aliphatic heterocycles. The second kappa shape index (κ2) is 15.3. The van der Waals surface area contributed by atoms with Gasteiger partial charge in [-0.1, -0.05) is 202 Å². The predicted molar refractivity (Wildman–Crippen MR) is 281 cm³/mol. The molecule has 0 radical (unpaired) electrons. The molecule has 2 heterocycles. The predicted octanol–water partition coefficient (Wildman–Crippen LogP) is 17.7. The molecule has 1 aliphatic carbocycles. The van der Waals surface area contributed by atoms with Crippen LogP contribution in [0.1, 0.15) is 47.2 Å². The Morgan fingerprint density at radius 3 is 1.49 bits per heavy atom. The zero-order chi connectivity index (χ0) is 44.7. The molecule has 0 amide bonds. The highest BCUT2D eigenvalue weighted by atomic mass is 32.1. The lowest BCUT2D eigenvalue weighted by Gasteiger charge is -2.50. The van der Waals surface area contributed by atoms with Gasteiger partial charge in [0.2, 0.25) is 0 Å². The number of para-hydroxylation sites is 1. The van der Waals surface area contributed by atoms with Crippen LogP contribution in [-0.2, 0) is 10.8 Å². The molecule has 11 aromatic rings. The largest absolute Gasteiger partial charge is 0.457 e. The van der Waals surface area contributed by atoms with E-state index in [1.807, 2.05) is 11.3 Å². The maximum Gasteiger partial charge on any atom is 0.134 e. The molecule has 10 aromatic carbocycles. The van der Waals surface area contributed by atoms with Gasteiger partial charge < -0.3 is 9.64 Å². The molecule has 3 heteroatoms. The number of nitrogens with zero attached hydrogens (tertiary/aromatic N) is 1. The van der Waals surface area contributed by atoms with E-state index in [9.17, 15) is 0 Å². The fourth-order valence-electron chi connectivity index (χ4n) is 11.3. The van der Waals surface area contributed by atoms with E-state index in [0.29, 0.717) is 0 Å². The van der Waals surface area contributed by atoms with Crippen LogP contribution in [-0.4, -0.2) is 0 Å². The summed E-state index contributed by atoms with van der Waals surface area (Å²) in [7, 11) is 0. The minimum atomic E-state index is -0.580. The number of ether oxygens (including phenoxy) is 1. The molecular weight excluding hydrogens is 831 g/mol. The van der Waals surface area contributed by atoms with Crippen LogP contribution in [0.15, 0.2) is 237 Å². The highest BCUT2D eigenvalue weighted by Gasteiger charge is 2.52. The summed E-state index contributed by atoms with van der Waals surface area (Å²) in [5, 5.41) is 2.62. The maximum absolute atomic E-state index is 7.09. The highest BCUT2D eigenvalue weighted by molar-refractivity contribution is 7.26. The summed E-state index contributed by atoms with van der Waals surface area (Å²) in [5.41, 5.74) is 17.2. The summed E-state index contributed by atoms with van der Waals surface area (Å²) in [6.45, 7) is 4.73. The van der Waals surface area contributed by atoms with E-state index >= 15 is 0 Å². The van der Waals surface area contributed by atoms with Gasteiger partial charge in [0, 0.05) is 59.8 Å². The van der Waals surface area contributed by atoms with Gasteiger partial charge >= 0.3 is 0 Å². The van der Waals surface area contributed by atoms with Crippen LogP contribution in [0.3, 0.4) is 0 Å². The molecule has 0 unspecified atom stereocenters. The molecule has 0 saturated carbocycles. The van der Waals surface area contributed by atoms with Crippen LogP contribution < -0.4 is 9.64 Å². The Morgan fingerprint density at radius 1 is 0.358 bits per heavy atom. The zero-order valence-corrected chi connectivity index (χ0v) is 38.1.